The van der Waals surface area contributed by atoms with Crippen LogP contribution in [0.4, 0.5) is 5.82 Å². The predicted molar refractivity (Wildman–Crippen MR) is 111 cm³/mol. The van der Waals surface area contributed by atoms with E-state index in [-0.39, 0.29) is 10.8 Å². The number of hydrogen-bond acceptors (Lipinski definition) is 6. The maximum Gasteiger partial charge on any atom is 0.156 e. The third-order valence-electron chi connectivity index (χ3n) is 4.00. The summed E-state index contributed by atoms with van der Waals surface area (Å²) in [5.74, 6) is 1.43. The van der Waals surface area contributed by atoms with Gasteiger partial charge in [-0.2, -0.15) is 0 Å². The molecule has 0 aliphatic rings. The Morgan fingerprint density at radius 2 is 1.89 bits per heavy atom. The summed E-state index contributed by atoms with van der Waals surface area (Å²) < 4.78 is 20.4. The van der Waals surface area contributed by atoms with Crippen molar-refractivity contribution >= 4 is 28.8 Å². The largest absolute Gasteiger partial charge is 0.598 e. The summed E-state index contributed by atoms with van der Waals surface area (Å²) in [7, 11) is 1.64. The van der Waals surface area contributed by atoms with Gasteiger partial charge in [-0.3, -0.25) is 0 Å². The number of nitrogens with one attached hydrogen (secondary N) is 2. The molecular weight excluding hydrogens is 384 g/mol. The lowest BCUT2D eigenvalue weighted by Crippen LogP contribution is -2.41. The molecule has 0 radical (unpaired) electrons. The van der Waals surface area contributed by atoms with Gasteiger partial charge < -0.3 is 14.6 Å². The Kier molecular flexibility index (Phi) is 7.73. The van der Waals surface area contributed by atoms with Crippen molar-refractivity contribution in [1.29, 1.82) is 0 Å². The summed E-state index contributed by atoms with van der Waals surface area (Å²) in [6, 6.07) is 9.48. The highest BCUT2D eigenvalue weighted by Gasteiger charge is 2.30. The number of hydrogen-bond donors (Lipinski definition) is 2. The van der Waals surface area contributed by atoms with Crippen LogP contribution in [0.5, 0.6) is 5.75 Å². The molecule has 1 aromatic heterocycles. The normalized spacial score (nSPS) is 13.9. The van der Waals surface area contributed by atoms with E-state index in [1.54, 1.807) is 7.11 Å². The zero-order valence-electron chi connectivity index (χ0n) is 16.4. The number of benzene rings is 1. The molecule has 2 rings (SSSR count). The standard InChI is InChI=1S/C19H27ClN4O2S/c1-6-16(24-27(25)19(2,3)4)15-11-17(22-23-18(15)20)21-12-13-7-9-14(26-5)10-8-13/h7-11,16,24H,6,12H2,1-5H3,(H,21,22)/t16-,27?/m1/s1. The van der Waals surface area contributed by atoms with Crippen LogP contribution in [0.15, 0.2) is 30.3 Å². The van der Waals surface area contributed by atoms with Gasteiger partial charge in [-0.25, -0.2) is 0 Å². The first-order valence-electron chi connectivity index (χ1n) is 8.82. The minimum absolute atomic E-state index is 0.172. The molecule has 1 aromatic carbocycles. The molecule has 0 saturated carbocycles. The SMILES string of the molecule is CC[C@@H](N[S+]([O-])C(C)(C)C)c1cc(NCc2ccc(OC)cc2)nnc1Cl. The van der Waals surface area contributed by atoms with E-state index in [1.165, 1.54) is 0 Å². The Bertz CT molecular complexity index is 737. The van der Waals surface area contributed by atoms with E-state index < -0.39 is 11.4 Å². The zero-order chi connectivity index (χ0) is 20.0. The number of aromatic nitrogens is 2. The number of nitrogens with zero attached hydrogens (tertiary/aromatic N) is 2. The van der Waals surface area contributed by atoms with Crippen molar-refractivity contribution in [3.8, 4) is 5.75 Å². The molecule has 2 atom stereocenters. The Balaban J connectivity index is 2.11. The maximum atomic E-state index is 12.5. The lowest BCUT2D eigenvalue weighted by Gasteiger charge is -2.27. The first kappa shape index (κ1) is 21.8. The quantitative estimate of drug-likeness (QED) is 0.633. The van der Waals surface area contributed by atoms with Crippen LogP contribution in [-0.2, 0) is 17.9 Å². The molecule has 27 heavy (non-hydrogen) atoms. The molecule has 0 saturated heterocycles. The van der Waals surface area contributed by atoms with Crippen molar-refractivity contribution in [3.05, 3.63) is 46.6 Å². The average molecular weight is 411 g/mol. The van der Waals surface area contributed by atoms with Crippen LogP contribution in [0.2, 0.25) is 5.15 Å². The van der Waals surface area contributed by atoms with Gasteiger partial charge in [0.2, 0.25) is 0 Å². The highest BCUT2D eigenvalue weighted by atomic mass is 35.5. The molecule has 8 heteroatoms. The van der Waals surface area contributed by atoms with E-state index in [9.17, 15) is 4.55 Å². The van der Waals surface area contributed by atoms with Crippen molar-refractivity contribution in [3.63, 3.8) is 0 Å². The third-order valence-corrected chi connectivity index (χ3v) is 5.90. The molecule has 2 N–H and O–H groups in total. The Hall–Kier alpha value is -1.54. The molecule has 0 spiro atoms. The Morgan fingerprint density at radius 1 is 1.22 bits per heavy atom. The molecular formula is C19H27ClN4O2S. The van der Waals surface area contributed by atoms with Crippen LogP contribution >= 0.6 is 11.6 Å². The summed E-state index contributed by atoms with van der Waals surface area (Å²) >= 11 is 5.06. The van der Waals surface area contributed by atoms with Gasteiger partial charge >= 0.3 is 0 Å². The second-order valence-electron chi connectivity index (χ2n) is 7.14. The van der Waals surface area contributed by atoms with E-state index >= 15 is 0 Å². The molecule has 1 unspecified atom stereocenters. The fourth-order valence-corrected chi connectivity index (χ4v) is 3.46. The van der Waals surface area contributed by atoms with Gasteiger partial charge in [-0.05, 0) is 51.0 Å². The van der Waals surface area contributed by atoms with Crippen molar-refractivity contribution in [1.82, 2.24) is 14.9 Å². The topological polar surface area (TPSA) is 82.1 Å². The summed E-state index contributed by atoms with van der Waals surface area (Å²) in [5.41, 5.74) is 1.87. The minimum Gasteiger partial charge on any atom is -0.598 e. The average Bonchev–Trinajstić information content (AvgIpc) is 2.65. The van der Waals surface area contributed by atoms with Crippen molar-refractivity contribution in [2.75, 3.05) is 12.4 Å². The van der Waals surface area contributed by atoms with Gasteiger partial charge in [0, 0.05) is 23.5 Å². The van der Waals surface area contributed by atoms with E-state index in [4.69, 9.17) is 16.3 Å². The summed E-state index contributed by atoms with van der Waals surface area (Å²) in [5, 5.41) is 11.7. The van der Waals surface area contributed by atoms with Crippen LogP contribution in [0.1, 0.15) is 51.3 Å². The lowest BCUT2D eigenvalue weighted by molar-refractivity contribution is 0.414. The van der Waals surface area contributed by atoms with E-state index in [0.29, 0.717) is 17.5 Å². The number of rotatable bonds is 8. The Labute approximate surface area is 169 Å². The fourth-order valence-electron chi connectivity index (χ4n) is 2.33. The summed E-state index contributed by atoms with van der Waals surface area (Å²) in [4.78, 5) is 0. The van der Waals surface area contributed by atoms with Crippen LogP contribution in [-0.4, -0.2) is 26.6 Å². The molecule has 0 aliphatic carbocycles. The van der Waals surface area contributed by atoms with Crippen molar-refractivity contribution < 1.29 is 9.29 Å². The van der Waals surface area contributed by atoms with Crippen LogP contribution in [0.25, 0.3) is 0 Å². The third kappa shape index (κ3) is 6.24. The zero-order valence-corrected chi connectivity index (χ0v) is 17.9. The van der Waals surface area contributed by atoms with E-state index in [0.717, 1.165) is 23.3 Å². The number of anilines is 1. The molecule has 148 valence electrons. The first-order valence-corrected chi connectivity index (χ1v) is 10.3. The molecule has 0 aliphatic heterocycles. The lowest BCUT2D eigenvalue weighted by atomic mass is 10.1. The van der Waals surface area contributed by atoms with Gasteiger partial charge in [-0.1, -0.05) is 30.7 Å². The predicted octanol–water partition coefficient (Wildman–Crippen LogP) is 4.25. The molecule has 0 amide bonds. The molecule has 0 fully saturated rings. The highest BCUT2D eigenvalue weighted by Crippen LogP contribution is 2.28. The van der Waals surface area contributed by atoms with Crippen molar-refractivity contribution in [2.45, 2.75) is 51.4 Å². The second-order valence-corrected chi connectivity index (χ2v) is 9.49. The fraction of sp³-hybridized carbons (Fsp3) is 0.474. The van der Waals surface area contributed by atoms with Gasteiger partial charge in [0.05, 0.1) is 13.2 Å². The monoisotopic (exact) mass is 410 g/mol. The smallest absolute Gasteiger partial charge is 0.156 e. The van der Waals surface area contributed by atoms with Crippen LogP contribution < -0.4 is 14.8 Å². The molecule has 6 nitrogen and oxygen atoms in total. The summed E-state index contributed by atoms with van der Waals surface area (Å²) in [6.45, 7) is 8.39. The van der Waals surface area contributed by atoms with Crippen LogP contribution in [0.3, 0.4) is 0 Å². The van der Waals surface area contributed by atoms with Gasteiger partial charge in [0.25, 0.3) is 0 Å². The van der Waals surface area contributed by atoms with E-state index in [1.807, 2.05) is 58.0 Å². The minimum atomic E-state index is -1.21. The molecule has 0 bridgehead atoms. The maximum absolute atomic E-state index is 12.5. The highest BCUT2D eigenvalue weighted by molar-refractivity contribution is 7.90. The van der Waals surface area contributed by atoms with Crippen LogP contribution in [0, 0.1) is 0 Å². The molecule has 2 aromatic rings. The Morgan fingerprint density at radius 3 is 2.44 bits per heavy atom. The number of methoxy groups -OCH3 is 1. The first-order chi connectivity index (χ1) is 12.7. The van der Waals surface area contributed by atoms with Gasteiger partial charge in [-0.15, -0.1) is 14.9 Å². The van der Waals surface area contributed by atoms with E-state index in [2.05, 4.69) is 20.2 Å². The summed E-state index contributed by atoms with van der Waals surface area (Å²) in [6.07, 6.45) is 0.727. The van der Waals surface area contributed by atoms with Gasteiger partial charge in [0.15, 0.2) is 5.15 Å². The second kappa shape index (κ2) is 9.59. The number of ether oxygens (including phenoxy) is 1. The van der Waals surface area contributed by atoms with Crippen molar-refractivity contribution in [2.24, 2.45) is 0 Å². The number of halogens is 1. The van der Waals surface area contributed by atoms with Gasteiger partial charge in [0.1, 0.15) is 16.3 Å². The molecule has 1 heterocycles.